The van der Waals surface area contributed by atoms with Crippen molar-refractivity contribution in [1.29, 1.82) is 0 Å². The zero-order valence-electron chi connectivity index (χ0n) is 6.35. The highest BCUT2D eigenvalue weighted by molar-refractivity contribution is 5.92. The van der Waals surface area contributed by atoms with Gasteiger partial charge in [0.2, 0.25) is 5.91 Å². The minimum Gasteiger partial charge on any atom is -0.366 e. The van der Waals surface area contributed by atoms with Crippen LogP contribution in [0, 0.1) is 6.07 Å². The molecule has 0 atom stereocenters. The molecule has 0 aromatic heterocycles. The minimum absolute atomic E-state index is 0.175. The molecule has 0 aliphatic heterocycles. The first kappa shape index (κ1) is 9.57. The monoisotopic (exact) mass is 188 g/mol. The summed E-state index contributed by atoms with van der Waals surface area (Å²) in [5.41, 5.74) is 3.63. The Hall–Kier alpha value is -1.52. The second-order valence-corrected chi connectivity index (χ2v) is 2.35. The highest BCUT2D eigenvalue weighted by atomic mass is 19.4. The number of primary amides is 1. The van der Waals surface area contributed by atoms with Crippen LogP contribution in [0.4, 0.5) is 13.2 Å². The molecule has 0 unspecified atom stereocenters. The molecule has 1 rings (SSSR count). The van der Waals surface area contributed by atoms with Crippen molar-refractivity contribution in [3.05, 3.63) is 35.4 Å². The van der Waals surface area contributed by atoms with Gasteiger partial charge in [0.1, 0.15) is 0 Å². The Morgan fingerprint density at radius 3 is 2.54 bits per heavy atom. The van der Waals surface area contributed by atoms with Crippen LogP contribution in [-0.4, -0.2) is 5.91 Å². The number of carbonyl (C=O) groups is 1. The topological polar surface area (TPSA) is 43.1 Å². The zero-order chi connectivity index (χ0) is 10.1. The Labute approximate surface area is 72.2 Å². The fraction of sp³-hybridized carbons (Fsp3) is 0.125. The van der Waals surface area contributed by atoms with E-state index in [-0.39, 0.29) is 5.56 Å². The summed E-state index contributed by atoms with van der Waals surface area (Å²) in [5, 5.41) is 0. The summed E-state index contributed by atoms with van der Waals surface area (Å²) in [5.74, 6) is -0.889. The Morgan fingerprint density at radius 2 is 2.08 bits per heavy atom. The first-order valence-corrected chi connectivity index (χ1v) is 3.30. The standard InChI is InChI=1S/C8H5F3NO/c9-8(10,11)6-3-1-2-5(4-6)7(12)13/h1-2,4H,(H2,12,13). The van der Waals surface area contributed by atoms with Gasteiger partial charge in [-0.05, 0) is 18.2 Å². The third-order valence-corrected chi connectivity index (χ3v) is 1.39. The molecular formula is C8H5F3NO. The van der Waals surface area contributed by atoms with Crippen LogP contribution in [0.1, 0.15) is 15.9 Å². The summed E-state index contributed by atoms with van der Waals surface area (Å²) in [6.45, 7) is 0. The van der Waals surface area contributed by atoms with E-state index in [1.54, 1.807) is 0 Å². The van der Waals surface area contributed by atoms with Crippen LogP contribution >= 0.6 is 0 Å². The van der Waals surface area contributed by atoms with Gasteiger partial charge in [0.05, 0.1) is 5.56 Å². The number of carbonyl (C=O) groups excluding carboxylic acids is 1. The van der Waals surface area contributed by atoms with E-state index in [1.165, 1.54) is 6.07 Å². The lowest BCUT2D eigenvalue weighted by molar-refractivity contribution is -0.137. The van der Waals surface area contributed by atoms with Gasteiger partial charge in [-0.15, -0.1) is 0 Å². The molecule has 0 saturated heterocycles. The number of rotatable bonds is 1. The van der Waals surface area contributed by atoms with Gasteiger partial charge in [0.25, 0.3) is 0 Å². The van der Waals surface area contributed by atoms with Gasteiger partial charge in [0, 0.05) is 5.56 Å². The Balaban J connectivity index is 3.13. The first-order chi connectivity index (χ1) is 5.91. The molecule has 5 heteroatoms. The number of hydrogen-bond donors (Lipinski definition) is 1. The molecule has 69 valence electrons. The third-order valence-electron chi connectivity index (χ3n) is 1.39. The van der Waals surface area contributed by atoms with E-state index in [0.29, 0.717) is 6.07 Å². The SMILES string of the molecule is NC(=O)c1cc[c]c(C(F)(F)F)c1. The van der Waals surface area contributed by atoms with E-state index >= 15 is 0 Å². The number of alkyl halides is 3. The van der Waals surface area contributed by atoms with Crippen molar-refractivity contribution in [3.8, 4) is 0 Å². The van der Waals surface area contributed by atoms with Crippen molar-refractivity contribution >= 4 is 5.91 Å². The summed E-state index contributed by atoms with van der Waals surface area (Å²) in [4.78, 5) is 10.5. The molecular weight excluding hydrogens is 183 g/mol. The number of halogens is 3. The highest BCUT2D eigenvalue weighted by Gasteiger charge is 2.30. The summed E-state index contributed by atoms with van der Waals surface area (Å²) < 4.78 is 36.1. The number of benzene rings is 1. The Kier molecular flexibility index (Phi) is 2.27. The van der Waals surface area contributed by atoms with Crippen LogP contribution in [0.25, 0.3) is 0 Å². The van der Waals surface area contributed by atoms with Crippen LogP contribution < -0.4 is 5.73 Å². The maximum Gasteiger partial charge on any atom is 0.417 e. The molecule has 0 aliphatic rings. The fourth-order valence-corrected chi connectivity index (χ4v) is 0.783. The van der Waals surface area contributed by atoms with Crippen molar-refractivity contribution in [1.82, 2.24) is 0 Å². The van der Waals surface area contributed by atoms with Crippen molar-refractivity contribution in [3.63, 3.8) is 0 Å². The van der Waals surface area contributed by atoms with Crippen molar-refractivity contribution in [2.75, 3.05) is 0 Å². The summed E-state index contributed by atoms with van der Waals surface area (Å²) in [6, 6.07) is 4.83. The second kappa shape index (κ2) is 3.08. The van der Waals surface area contributed by atoms with Gasteiger partial charge in [-0.25, -0.2) is 0 Å². The van der Waals surface area contributed by atoms with E-state index in [2.05, 4.69) is 0 Å². The summed E-state index contributed by atoms with van der Waals surface area (Å²) in [6.07, 6.45) is -4.49. The summed E-state index contributed by atoms with van der Waals surface area (Å²) in [7, 11) is 0. The molecule has 1 radical (unpaired) electrons. The molecule has 2 N–H and O–H groups in total. The van der Waals surface area contributed by atoms with E-state index in [0.717, 1.165) is 6.07 Å². The fourth-order valence-electron chi connectivity index (χ4n) is 0.783. The summed E-state index contributed by atoms with van der Waals surface area (Å²) >= 11 is 0. The van der Waals surface area contributed by atoms with Crippen molar-refractivity contribution in [2.45, 2.75) is 6.18 Å². The first-order valence-electron chi connectivity index (χ1n) is 3.30. The third kappa shape index (κ3) is 2.21. The minimum atomic E-state index is -4.49. The normalized spacial score (nSPS) is 11.3. The van der Waals surface area contributed by atoms with E-state index in [4.69, 9.17) is 5.73 Å². The van der Waals surface area contributed by atoms with Crippen LogP contribution in [0.3, 0.4) is 0 Å². The van der Waals surface area contributed by atoms with Gasteiger partial charge in [-0.1, -0.05) is 6.07 Å². The maximum atomic E-state index is 12.0. The zero-order valence-corrected chi connectivity index (χ0v) is 6.35. The lowest BCUT2D eigenvalue weighted by Gasteiger charge is -2.05. The van der Waals surface area contributed by atoms with Crippen LogP contribution in [0.15, 0.2) is 18.2 Å². The van der Waals surface area contributed by atoms with Crippen LogP contribution in [0.5, 0.6) is 0 Å². The van der Waals surface area contributed by atoms with Crippen LogP contribution in [-0.2, 0) is 6.18 Å². The number of amides is 1. The predicted octanol–water partition coefficient (Wildman–Crippen LogP) is 1.60. The molecule has 0 bridgehead atoms. The molecule has 2 nitrogen and oxygen atoms in total. The molecule has 0 spiro atoms. The average Bonchev–Trinajstić information content (AvgIpc) is 2.03. The van der Waals surface area contributed by atoms with E-state index < -0.39 is 17.6 Å². The van der Waals surface area contributed by atoms with Gasteiger partial charge < -0.3 is 5.73 Å². The van der Waals surface area contributed by atoms with Crippen molar-refractivity contribution in [2.24, 2.45) is 5.73 Å². The molecule has 0 saturated carbocycles. The van der Waals surface area contributed by atoms with Gasteiger partial charge in [0.15, 0.2) is 0 Å². The molecule has 0 heterocycles. The molecule has 13 heavy (non-hydrogen) atoms. The van der Waals surface area contributed by atoms with E-state index in [1.807, 2.05) is 6.07 Å². The average molecular weight is 188 g/mol. The van der Waals surface area contributed by atoms with Crippen molar-refractivity contribution < 1.29 is 18.0 Å². The van der Waals surface area contributed by atoms with Gasteiger partial charge >= 0.3 is 6.18 Å². The van der Waals surface area contributed by atoms with E-state index in [9.17, 15) is 18.0 Å². The Morgan fingerprint density at radius 1 is 1.46 bits per heavy atom. The number of hydrogen-bond acceptors (Lipinski definition) is 1. The largest absolute Gasteiger partial charge is 0.417 e. The smallest absolute Gasteiger partial charge is 0.366 e. The highest BCUT2D eigenvalue weighted by Crippen LogP contribution is 2.28. The number of nitrogens with two attached hydrogens (primary N) is 1. The molecule has 0 aliphatic carbocycles. The lowest BCUT2D eigenvalue weighted by Crippen LogP contribution is -2.13. The molecule has 0 fully saturated rings. The lowest BCUT2D eigenvalue weighted by atomic mass is 10.1. The maximum absolute atomic E-state index is 12.0. The van der Waals surface area contributed by atoms with Gasteiger partial charge in [-0.2, -0.15) is 13.2 Å². The molecule has 1 amide bonds. The Bertz CT molecular complexity index is 332. The molecule has 1 aromatic rings. The predicted molar refractivity (Wildman–Crippen MR) is 38.8 cm³/mol. The van der Waals surface area contributed by atoms with Gasteiger partial charge in [-0.3, -0.25) is 4.79 Å². The quantitative estimate of drug-likeness (QED) is 0.714. The second-order valence-electron chi connectivity index (χ2n) is 2.35. The van der Waals surface area contributed by atoms with Crippen LogP contribution in [0.2, 0.25) is 0 Å². The molecule has 1 aromatic carbocycles.